The Balaban J connectivity index is 2.04. The molecule has 2 aromatic rings. The van der Waals surface area contributed by atoms with Crippen LogP contribution in [0.5, 0.6) is 11.5 Å². The number of likely N-dealkylation sites (N-methyl/N-ethyl adjacent to an activating group) is 1. The van der Waals surface area contributed by atoms with Crippen LogP contribution < -0.4 is 0 Å². The van der Waals surface area contributed by atoms with E-state index in [1.54, 1.807) is 0 Å². The molecule has 0 saturated carbocycles. The molecule has 1 amide bonds. The second-order valence-electron chi connectivity index (χ2n) is 6.66. The Bertz CT molecular complexity index is 1170. The summed E-state index contributed by atoms with van der Waals surface area (Å²) >= 11 is 5.75. The molecule has 1 aliphatic rings. The molecule has 3 rings (SSSR count). The third-order valence-electron chi connectivity index (χ3n) is 4.60. The van der Waals surface area contributed by atoms with Crippen LogP contribution in [0.4, 0.5) is 4.39 Å². The van der Waals surface area contributed by atoms with Crippen LogP contribution in [0.3, 0.4) is 0 Å². The largest absolute Gasteiger partial charge is 0.504 e. The minimum absolute atomic E-state index is 0.0713. The second-order valence-corrected chi connectivity index (χ2v) is 9.08. The lowest BCUT2D eigenvalue weighted by Gasteiger charge is -2.18. The number of sulfonamides is 1. The van der Waals surface area contributed by atoms with Gasteiger partial charge in [-0.05, 0) is 17.7 Å². The molecule has 0 aliphatic carbocycles. The molecular weight excluding hydrogens is 443 g/mol. The van der Waals surface area contributed by atoms with Gasteiger partial charge in [0.15, 0.2) is 11.5 Å². The molecule has 3 N–H and O–H groups in total. The number of fused-ring (bicyclic) bond motifs is 1. The summed E-state index contributed by atoms with van der Waals surface area (Å²) in [5, 5.41) is 28.9. The average Bonchev–Trinajstić information content (AvgIpc) is 2.97. The molecule has 30 heavy (non-hydrogen) atoms. The number of amides is 1. The average molecular weight is 459 g/mol. The standard InChI is InChI=1S/C18H16ClFN2O7S/c1-21(8-15(24)25)30(28,29)14-5-13(23)17(26)16-10(14)7-22(18(16)27)6-9-2-3-12(20)11(19)4-9/h2-5,23,26H,6-8H2,1H3,(H,24,25). The van der Waals surface area contributed by atoms with Gasteiger partial charge in [0.05, 0.1) is 15.5 Å². The number of benzene rings is 2. The van der Waals surface area contributed by atoms with E-state index >= 15 is 0 Å². The molecule has 0 atom stereocenters. The Kier molecular flexibility index (Phi) is 5.63. The van der Waals surface area contributed by atoms with Gasteiger partial charge in [-0.1, -0.05) is 17.7 Å². The van der Waals surface area contributed by atoms with Crippen molar-refractivity contribution in [3.05, 3.63) is 51.8 Å². The van der Waals surface area contributed by atoms with Crippen molar-refractivity contribution in [2.45, 2.75) is 18.0 Å². The first kappa shape index (κ1) is 21.8. The zero-order chi connectivity index (χ0) is 22.4. The van der Waals surface area contributed by atoms with Crippen LogP contribution in [0.1, 0.15) is 21.5 Å². The Morgan fingerprint density at radius 3 is 2.57 bits per heavy atom. The number of carboxylic acid groups (broad SMARTS) is 1. The molecule has 0 aromatic heterocycles. The molecule has 0 unspecified atom stereocenters. The van der Waals surface area contributed by atoms with Gasteiger partial charge in [0.1, 0.15) is 12.4 Å². The fraction of sp³-hybridized carbons (Fsp3) is 0.222. The number of phenols is 2. The third kappa shape index (κ3) is 3.78. The van der Waals surface area contributed by atoms with Gasteiger partial charge in [0, 0.05) is 31.8 Å². The van der Waals surface area contributed by atoms with Crippen LogP contribution in [0.25, 0.3) is 0 Å². The fourth-order valence-electron chi connectivity index (χ4n) is 3.14. The molecule has 2 aromatic carbocycles. The smallest absolute Gasteiger partial charge is 0.318 e. The van der Waals surface area contributed by atoms with Gasteiger partial charge in [-0.3, -0.25) is 9.59 Å². The zero-order valence-electron chi connectivity index (χ0n) is 15.5. The molecule has 0 spiro atoms. The van der Waals surface area contributed by atoms with E-state index in [0.717, 1.165) is 19.2 Å². The van der Waals surface area contributed by atoms with Crippen molar-refractivity contribution in [3.8, 4) is 11.5 Å². The number of halogens is 2. The maximum Gasteiger partial charge on any atom is 0.318 e. The molecule has 0 saturated heterocycles. The molecule has 9 nitrogen and oxygen atoms in total. The fourth-order valence-corrected chi connectivity index (χ4v) is 4.70. The van der Waals surface area contributed by atoms with Gasteiger partial charge in [-0.2, -0.15) is 4.31 Å². The summed E-state index contributed by atoms with van der Waals surface area (Å²) in [4.78, 5) is 24.4. The number of hydrogen-bond acceptors (Lipinski definition) is 6. The van der Waals surface area contributed by atoms with E-state index in [1.807, 2.05) is 0 Å². The second kappa shape index (κ2) is 7.74. The summed E-state index contributed by atoms with van der Waals surface area (Å²) in [6.07, 6.45) is 0. The number of nitrogens with zero attached hydrogens (tertiary/aromatic N) is 2. The predicted octanol–water partition coefficient (Wildman–Crippen LogP) is 1.75. The van der Waals surface area contributed by atoms with E-state index in [1.165, 1.54) is 17.0 Å². The van der Waals surface area contributed by atoms with Gasteiger partial charge in [0.25, 0.3) is 5.91 Å². The van der Waals surface area contributed by atoms with E-state index in [2.05, 4.69) is 0 Å². The first-order chi connectivity index (χ1) is 13.9. The van der Waals surface area contributed by atoms with Gasteiger partial charge in [-0.15, -0.1) is 0 Å². The first-order valence-corrected chi connectivity index (χ1v) is 10.2. The topological polar surface area (TPSA) is 135 Å². The molecule has 1 heterocycles. The summed E-state index contributed by atoms with van der Waals surface area (Å²) in [6.45, 7) is -1.16. The monoisotopic (exact) mass is 458 g/mol. The Morgan fingerprint density at radius 2 is 1.97 bits per heavy atom. The Hall–Kier alpha value is -2.89. The van der Waals surface area contributed by atoms with Gasteiger partial charge in [0.2, 0.25) is 10.0 Å². The summed E-state index contributed by atoms with van der Waals surface area (Å²) in [5.74, 6) is -4.41. The minimum atomic E-state index is -4.40. The van der Waals surface area contributed by atoms with E-state index in [9.17, 15) is 32.6 Å². The number of phenolic OH excluding ortho intramolecular Hbond substituents is 2. The van der Waals surface area contributed by atoms with Gasteiger partial charge in [-0.25, -0.2) is 12.8 Å². The van der Waals surface area contributed by atoms with Gasteiger partial charge >= 0.3 is 5.97 Å². The van der Waals surface area contributed by atoms with E-state index in [4.69, 9.17) is 16.7 Å². The van der Waals surface area contributed by atoms with E-state index in [-0.39, 0.29) is 23.7 Å². The molecule has 0 fully saturated rings. The van der Waals surface area contributed by atoms with Crippen LogP contribution >= 0.6 is 11.6 Å². The number of aromatic hydroxyl groups is 2. The van der Waals surface area contributed by atoms with Crippen LogP contribution in [-0.2, 0) is 27.9 Å². The molecule has 1 aliphatic heterocycles. The lowest BCUT2D eigenvalue weighted by Crippen LogP contribution is -2.32. The van der Waals surface area contributed by atoms with Crippen molar-refractivity contribution in [3.63, 3.8) is 0 Å². The molecular formula is C18H16ClFN2O7S. The predicted molar refractivity (Wildman–Crippen MR) is 102 cm³/mol. The van der Waals surface area contributed by atoms with Crippen molar-refractivity contribution >= 4 is 33.5 Å². The SMILES string of the molecule is CN(CC(=O)O)S(=O)(=O)c1cc(O)c(O)c2c1CN(Cc1ccc(F)c(Cl)c1)C2=O. The summed E-state index contributed by atoms with van der Waals surface area (Å²) < 4.78 is 39.6. The Labute approximate surface area is 175 Å². The lowest BCUT2D eigenvalue weighted by molar-refractivity contribution is -0.137. The number of hydrogen-bond donors (Lipinski definition) is 3. The van der Waals surface area contributed by atoms with Crippen LogP contribution in [0.15, 0.2) is 29.2 Å². The third-order valence-corrected chi connectivity index (χ3v) is 6.76. The number of rotatable bonds is 6. The summed E-state index contributed by atoms with van der Waals surface area (Å²) in [6, 6.07) is 4.59. The summed E-state index contributed by atoms with van der Waals surface area (Å²) in [7, 11) is -3.36. The van der Waals surface area contributed by atoms with E-state index in [0.29, 0.717) is 9.87 Å². The van der Waals surface area contributed by atoms with E-state index < -0.39 is 56.2 Å². The van der Waals surface area contributed by atoms with Crippen LogP contribution in [-0.4, -0.2) is 58.4 Å². The number of carbonyl (C=O) groups is 2. The van der Waals surface area contributed by atoms with Gasteiger partial charge < -0.3 is 20.2 Å². The van der Waals surface area contributed by atoms with Crippen LogP contribution in [0.2, 0.25) is 5.02 Å². The normalized spacial score (nSPS) is 13.7. The highest BCUT2D eigenvalue weighted by molar-refractivity contribution is 7.89. The maximum atomic E-state index is 13.4. The highest BCUT2D eigenvalue weighted by Gasteiger charge is 2.38. The van der Waals surface area contributed by atoms with Crippen molar-refractivity contribution < 1.29 is 37.7 Å². The molecule has 0 radical (unpaired) electrons. The highest BCUT2D eigenvalue weighted by Crippen LogP contribution is 2.42. The molecule has 12 heteroatoms. The summed E-state index contributed by atoms with van der Waals surface area (Å²) in [5.41, 5.74) is -0.0232. The quantitative estimate of drug-likeness (QED) is 0.561. The minimum Gasteiger partial charge on any atom is -0.504 e. The van der Waals surface area contributed by atoms with Crippen molar-refractivity contribution in [2.24, 2.45) is 0 Å². The zero-order valence-corrected chi connectivity index (χ0v) is 17.0. The lowest BCUT2D eigenvalue weighted by atomic mass is 10.1. The first-order valence-electron chi connectivity index (χ1n) is 8.42. The van der Waals surface area contributed by atoms with Crippen molar-refractivity contribution in [1.82, 2.24) is 9.21 Å². The maximum absolute atomic E-state index is 13.4. The highest BCUT2D eigenvalue weighted by atomic mass is 35.5. The molecule has 0 bridgehead atoms. The van der Waals surface area contributed by atoms with Crippen molar-refractivity contribution in [2.75, 3.05) is 13.6 Å². The number of aliphatic carboxylic acids is 1. The Morgan fingerprint density at radius 1 is 1.30 bits per heavy atom. The molecule has 160 valence electrons. The number of carbonyl (C=O) groups excluding carboxylic acids is 1. The van der Waals surface area contributed by atoms with Crippen LogP contribution in [0, 0.1) is 5.82 Å². The van der Waals surface area contributed by atoms with Crippen molar-refractivity contribution in [1.29, 1.82) is 0 Å². The number of carboxylic acids is 1.